The number of nitrogens with one attached hydrogen (secondary N) is 1. The van der Waals surface area contributed by atoms with Crippen LogP contribution in [0.5, 0.6) is 11.8 Å². The van der Waals surface area contributed by atoms with E-state index in [9.17, 15) is 24.6 Å². The van der Waals surface area contributed by atoms with Crippen molar-refractivity contribution in [1.82, 2.24) is 35.0 Å². The number of fused-ring (bicyclic) bond motifs is 4. The number of ether oxygens (including phenoxy) is 1. The number of aromatic nitrogens is 3. The highest BCUT2D eigenvalue weighted by Crippen LogP contribution is 2.55. The van der Waals surface area contributed by atoms with Gasteiger partial charge in [0.05, 0.1) is 17.6 Å². The molecule has 3 aromatic carbocycles. The number of rotatable bonds is 12. The van der Waals surface area contributed by atoms with Crippen molar-refractivity contribution >= 4 is 50.9 Å². The molecule has 70 heavy (non-hydrogen) atoms. The quantitative estimate of drug-likeness (QED) is 0.131. The van der Waals surface area contributed by atoms with Gasteiger partial charge in [-0.25, -0.2) is 8.78 Å². The van der Waals surface area contributed by atoms with Crippen molar-refractivity contribution in [2.75, 3.05) is 81.9 Å². The standard InChI is InChI=1S/C53H59F2N9O6/c1-3-34-41(54)8-5-30-20-33(65)21-36(44(30)34)46-45(55)47-37(22-56-46)48(63-14-4-11-52(2,69)27-63)59-51(58-47)70-29-53(12-13-53)28-61-25-39-38(40(39)26-61)24-60-15-17-62(18-16-60)32-6-7-35-31(19-32)23-64(50(35)68)42-9-10-43(66)57-49(42)67/h5-8,19-22,38-40,42,65,69H,3-4,9-18,23-29H2,1-2H3,(H,57,66,67)/t39-,40-,42+,52-/m1/s1. The molecule has 3 N–H and O–H groups in total. The molecule has 366 valence electrons. The topological polar surface area (TPSA) is 168 Å². The number of amides is 3. The molecule has 5 aromatic rings. The number of piperazine rings is 1. The van der Waals surface area contributed by atoms with Gasteiger partial charge in [0.25, 0.3) is 5.91 Å². The summed E-state index contributed by atoms with van der Waals surface area (Å²) in [4.78, 5) is 62.7. The van der Waals surface area contributed by atoms with Crippen molar-refractivity contribution in [3.05, 3.63) is 77.0 Å². The van der Waals surface area contributed by atoms with E-state index in [1.807, 2.05) is 24.0 Å². The number of hydrogen-bond acceptors (Lipinski definition) is 13. The molecule has 2 saturated carbocycles. The molecule has 12 rings (SSSR count). The van der Waals surface area contributed by atoms with Gasteiger partial charge in [-0.15, -0.1) is 0 Å². The minimum atomic E-state index is -0.965. The summed E-state index contributed by atoms with van der Waals surface area (Å²) >= 11 is 0. The van der Waals surface area contributed by atoms with Gasteiger partial charge in [0.2, 0.25) is 11.8 Å². The largest absolute Gasteiger partial charge is 0.508 e. The van der Waals surface area contributed by atoms with Crippen molar-refractivity contribution in [1.29, 1.82) is 0 Å². The van der Waals surface area contributed by atoms with Gasteiger partial charge in [0.15, 0.2) is 5.82 Å². The summed E-state index contributed by atoms with van der Waals surface area (Å²) in [5.74, 6) is 0.449. The molecule has 5 aliphatic heterocycles. The fourth-order valence-corrected chi connectivity index (χ4v) is 12.5. The SMILES string of the molecule is CCc1c(F)ccc2cc(O)cc(-c3ncc4c(N5CCC[C@@](C)(O)C5)nc(OCC5(CN6C[C@@H]7C(CN8CCN(c9ccc%10c(c9)CN([C@H]9CCC(=O)NC9=O)C%10=O)CC8)[C@H]7C6)CC5)nc4c3F)c12. The Morgan fingerprint density at radius 2 is 1.71 bits per heavy atom. The number of benzene rings is 3. The molecule has 7 heterocycles. The molecule has 15 nitrogen and oxygen atoms in total. The first kappa shape index (κ1) is 45.1. The molecule has 3 amide bonds. The number of aryl methyl sites for hydroxylation is 1. The maximum absolute atomic E-state index is 17.1. The minimum Gasteiger partial charge on any atom is -0.508 e. The van der Waals surface area contributed by atoms with Crippen LogP contribution in [0.2, 0.25) is 0 Å². The molecule has 4 saturated heterocycles. The Kier molecular flexibility index (Phi) is 11.0. The third kappa shape index (κ3) is 8.16. The number of anilines is 2. The summed E-state index contributed by atoms with van der Waals surface area (Å²) in [5, 5.41) is 25.6. The Balaban J connectivity index is 0.686. The van der Waals surface area contributed by atoms with Gasteiger partial charge in [-0.05, 0) is 121 Å². The molecular formula is C53H59F2N9O6. The summed E-state index contributed by atoms with van der Waals surface area (Å²) in [6.07, 6.45) is 5.87. The summed E-state index contributed by atoms with van der Waals surface area (Å²) < 4.78 is 38.8. The van der Waals surface area contributed by atoms with Crippen LogP contribution >= 0.6 is 0 Å². The second kappa shape index (κ2) is 17.1. The van der Waals surface area contributed by atoms with E-state index in [1.54, 1.807) is 24.0 Å². The Morgan fingerprint density at radius 3 is 2.46 bits per heavy atom. The van der Waals surface area contributed by atoms with Gasteiger partial charge in [-0.2, -0.15) is 9.97 Å². The molecule has 2 aliphatic carbocycles. The summed E-state index contributed by atoms with van der Waals surface area (Å²) in [5.41, 5.74) is 2.28. The average Bonchev–Trinajstić information content (AvgIpc) is 4.15. The number of nitrogens with zero attached hydrogens (tertiary/aromatic N) is 8. The van der Waals surface area contributed by atoms with Gasteiger partial charge in [0, 0.05) is 107 Å². The minimum absolute atomic E-state index is 0.0131. The molecule has 0 spiro atoms. The fourth-order valence-electron chi connectivity index (χ4n) is 12.5. The number of β-amino-alcohol motifs (C(OH)–C–C–N with tert-alkyl or cyclic N) is 1. The van der Waals surface area contributed by atoms with Crippen LogP contribution < -0.4 is 19.9 Å². The molecule has 0 bridgehead atoms. The van der Waals surface area contributed by atoms with Gasteiger partial charge in [0.1, 0.15) is 34.6 Å². The maximum atomic E-state index is 17.1. The van der Waals surface area contributed by atoms with Crippen molar-refractivity contribution < 1.29 is 38.1 Å². The Hall–Kier alpha value is -6.04. The normalized spacial score (nSPS) is 26.5. The molecular weight excluding hydrogens is 897 g/mol. The number of aromatic hydroxyl groups is 1. The number of aliphatic hydroxyl groups is 1. The van der Waals surface area contributed by atoms with E-state index in [1.165, 1.54) is 18.3 Å². The van der Waals surface area contributed by atoms with E-state index >= 15 is 8.78 Å². The van der Waals surface area contributed by atoms with Crippen molar-refractivity contribution in [3.63, 3.8) is 0 Å². The zero-order valence-electron chi connectivity index (χ0n) is 39.7. The zero-order chi connectivity index (χ0) is 48.2. The van der Waals surface area contributed by atoms with E-state index < -0.39 is 29.2 Å². The van der Waals surface area contributed by atoms with E-state index in [2.05, 4.69) is 31.1 Å². The lowest BCUT2D eigenvalue weighted by molar-refractivity contribution is -0.136. The first-order valence-electron chi connectivity index (χ1n) is 25.1. The number of halogens is 2. The third-order valence-electron chi connectivity index (χ3n) is 16.6. The zero-order valence-corrected chi connectivity index (χ0v) is 39.7. The summed E-state index contributed by atoms with van der Waals surface area (Å²) in [6.45, 7) is 13.2. The van der Waals surface area contributed by atoms with Crippen LogP contribution in [0.25, 0.3) is 32.9 Å². The predicted octanol–water partition coefficient (Wildman–Crippen LogP) is 5.66. The van der Waals surface area contributed by atoms with E-state index in [0.29, 0.717) is 96.4 Å². The first-order valence-corrected chi connectivity index (χ1v) is 25.1. The number of phenols is 1. The van der Waals surface area contributed by atoms with Crippen LogP contribution in [0.3, 0.4) is 0 Å². The lowest BCUT2D eigenvalue weighted by atomic mass is 9.94. The van der Waals surface area contributed by atoms with Crippen LogP contribution in [0.15, 0.2) is 48.7 Å². The molecule has 7 aliphatic rings. The van der Waals surface area contributed by atoms with Crippen LogP contribution in [0.1, 0.15) is 73.9 Å². The highest BCUT2D eigenvalue weighted by atomic mass is 19.1. The lowest BCUT2D eigenvalue weighted by Gasteiger charge is -2.38. The summed E-state index contributed by atoms with van der Waals surface area (Å²) in [7, 11) is 0. The fraction of sp³-hybridized carbons (Fsp3) is 0.509. The molecule has 0 unspecified atom stereocenters. The van der Waals surface area contributed by atoms with Crippen LogP contribution in [-0.2, 0) is 22.6 Å². The van der Waals surface area contributed by atoms with Gasteiger partial charge in [-0.3, -0.25) is 29.6 Å². The van der Waals surface area contributed by atoms with E-state index in [4.69, 9.17) is 14.7 Å². The van der Waals surface area contributed by atoms with Crippen LogP contribution in [0.4, 0.5) is 20.3 Å². The maximum Gasteiger partial charge on any atom is 0.319 e. The van der Waals surface area contributed by atoms with Gasteiger partial charge < -0.3 is 34.5 Å². The number of piperidine rings is 3. The van der Waals surface area contributed by atoms with E-state index in [-0.39, 0.29) is 52.2 Å². The second-order valence-corrected chi connectivity index (χ2v) is 21.5. The van der Waals surface area contributed by atoms with E-state index in [0.717, 1.165) is 82.9 Å². The molecule has 0 radical (unpaired) electrons. The monoisotopic (exact) mass is 955 g/mol. The number of imide groups is 1. The average molecular weight is 956 g/mol. The molecule has 4 atom stereocenters. The number of phenolic OH excluding ortho intramolecular Hbond substituents is 1. The number of carbonyl (C=O) groups excluding carboxylic acids is 3. The number of pyridine rings is 1. The first-order chi connectivity index (χ1) is 33.7. The Labute approximate surface area is 404 Å². The number of hydrogen-bond donors (Lipinski definition) is 3. The van der Waals surface area contributed by atoms with Crippen molar-refractivity contribution in [3.8, 4) is 23.0 Å². The number of likely N-dealkylation sites (tertiary alicyclic amines) is 1. The summed E-state index contributed by atoms with van der Waals surface area (Å²) in [6, 6.07) is 11.4. The lowest BCUT2D eigenvalue weighted by Crippen LogP contribution is -2.52. The molecule has 17 heteroatoms. The number of carbonyl (C=O) groups is 3. The highest BCUT2D eigenvalue weighted by Gasteiger charge is 2.57. The molecule has 2 aromatic heterocycles. The van der Waals surface area contributed by atoms with Crippen molar-refractivity contribution in [2.45, 2.75) is 77.0 Å². The highest BCUT2D eigenvalue weighted by molar-refractivity contribution is 6.06. The third-order valence-corrected chi connectivity index (χ3v) is 16.6. The Morgan fingerprint density at radius 1 is 0.914 bits per heavy atom. The Bertz CT molecular complexity index is 2960. The van der Waals surface area contributed by atoms with Crippen LogP contribution in [-0.4, -0.2) is 141 Å². The van der Waals surface area contributed by atoms with Gasteiger partial charge >= 0.3 is 6.01 Å². The molecule has 6 fully saturated rings. The van der Waals surface area contributed by atoms with Crippen LogP contribution in [0, 0.1) is 34.8 Å². The second-order valence-electron chi connectivity index (χ2n) is 21.5. The predicted molar refractivity (Wildman–Crippen MR) is 259 cm³/mol. The van der Waals surface area contributed by atoms with Gasteiger partial charge in [-0.1, -0.05) is 13.0 Å². The smallest absolute Gasteiger partial charge is 0.319 e. The van der Waals surface area contributed by atoms with Crippen molar-refractivity contribution in [2.24, 2.45) is 23.2 Å².